The number of thiophene rings is 1. The fourth-order valence-corrected chi connectivity index (χ4v) is 3.69. The lowest BCUT2D eigenvalue weighted by Crippen LogP contribution is -2.14. The summed E-state index contributed by atoms with van der Waals surface area (Å²) >= 11 is 7.53. The molecule has 1 N–H and O–H groups in total. The van der Waals surface area contributed by atoms with Gasteiger partial charge in [0, 0.05) is 11.8 Å². The number of aromatic nitrogens is 1. The second-order valence-corrected chi connectivity index (χ2v) is 6.87. The summed E-state index contributed by atoms with van der Waals surface area (Å²) in [4.78, 5) is 30.0. The molecule has 0 fully saturated rings. The van der Waals surface area contributed by atoms with E-state index in [1.54, 1.807) is 6.92 Å². The lowest BCUT2D eigenvalue weighted by atomic mass is 10.1. The van der Waals surface area contributed by atoms with Crippen LogP contribution >= 0.6 is 22.9 Å². The molecule has 0 aliphatic rings. The zero-order chi connectivity index (χ0) is 17.9. The quantitative estimate of drug-likeness (QED) is 0.738. The third kappa shape index (κ3) is 3.70. The monoisotopic (exact) mass is 368 g/mol. The molecular formula is C17H21ClN2O3S. The molecule has 130 valence electrons. The number of ether oxygens (including phenoxy) is 1. The minimum Gasteiger partial charge on any atom is -0.462 e. The molecule has 0 aliphatic heterocycles. The Morgan fingerprint density at radius 2 is 2.00 bits per heavy atom. The number of carbonyl (C=O) groups excluding carboxylic acids is 2. The number of amides is 1. The number of unbranched alkanes of at least 4 members (excludes halogenated alkanes) is 1. The van der Waals surface area contributed by atoms with E-state index in [9.17, 15) is 9.59 Å². The highest BCUT2D eigenvalue weighted by atomic mass is 35.5. The van der Waals surface area contributed by atoms with Gasteiger partial charge in [0.2, 0.25) is 5.91 Å². The molecule has 0 aromatic carbocycles. The standard InChI is InChI=1S/C17H21ClN2O3S/c1-5-7-8-11(21)20-14-12-9(3)13(18)10(4)19-16(12)24-15(14)17(22)23-6-2/h5-8H2,1-4H3,(H,20,21). The van der Waals surface area contributed by atoms with Crippen molar-refractivity contribution in [3.63, 3.8) is 0 Å². The summed E-state index contributed by atoms with van der Waals surface area (Å²) in [5.74, 6) is -0.585. The average molecular weight is 369 g/mol. The van der Waals surface area contributed by atoms with Gasteiger partial charge in [-0.1, -0.05) is 24.9 Å². The molecule has 7 heteroatoms. The maximum absolute atomic E-state index is 12.3. The number of fused-ring (bicyclic) bond motifs is 1. The average Bonchev–Trinajstić information content (AvgIpc) is 2.89. The number of hydrogen-bond acceptors (Lipinski definition) is 5. The number of nitrogens with one attached hydrogen (secondary N) is 1. The van der Waals surface area contributed by atoms with Crippen LogP contribution in [0, 0.1) is 13.8 Å². The summed E-state index contributed by atoms with van der Waals surface area (Å²) in [5, 5.41) is 4.12. The van der Waals surface area contributed by atoms with E-state index in [1.165, 1.54) is 11.3 Å². The SMILES string of the molecule is CCCCC(=O)Nc1c(C(=O)OCC)sc2nc(C)c(Cl)c(C)c12. The van der Waals surface area contributed by atoms with Crippen molar-refractivity contribution in [3.8, 4) is 0 Å². The van der Waals surface area contributed by atoms with Crippen molar-refractivity contribution in [2.75, 3.05) is 11.9 Å². The summed E-state index contributed by atoms with van der Waals surface area (Å²) in [5.41, 5.74) is 1.96. The van der Waals surface area contributed by atoms with Crippen LogP contribution in [0.4, 0.5) is 5.69 Å². The number of esters is 1. The minimum atomic E-state index is -0.459. The minimum absolute atomic E-state index is 0.127. The molecule has 2 aromatic heterocycles. The van der Waals surface area contributed by atoms with Crippen molar-refractivity contribution in [1.82, 2.24) is 4.98 Å². The number of anilines is 1. The number of carbonyl (C=O) groups is 2. The first-order valence-corrected chi connectivity index (χ1v) is 9.16. The molecule has 0 aliphatic carbocycles. The Bertz CT molecular complexity index is 786. The fraction of sp³-hybridized carbons (Fsp3) is 0.471. The van der Waals surface area contributed by atoms with Crippen LogP contribution in [0.3, 0.4) is 0 Å². The maximum atomic E-state index is 12.3. The second kappa shape index (κ2) is 7.94. The van der Waals surface area contributed by atoms with Gasteiger partial charge < -0.3 is 10.1 Å². The zero-order valence-corrected chi connectivity index (χ0v) is 15.9. The summed E-state index contributed by atoms with van der Waals surface area (Å²) < 4.78 is 5.12. The molecular weight excluding hydrogens is 348 g/mol. The summed E-state index contributed by atoms with van der Waals surface area (Å²) in [6.45, 7) is 7.71. The van der Waals surface area contributed by atoms with Crippen LogP contribution in [0.25, 0.3) is 10.2 Å². The van der Waals surface area contributed by atoms with Gasteiger partial charge in [-0.25, -0.2) is 9.78 Å². The molecule has 0 unspecified atom stereocenters. The normalized spacial score (nSPS) is 10.9. The first kappa shape index (κ1) is 18.7. The Labute approximate surface area is 150 Å². The molecule has 5 nitrogen and oxygen atoms in total. The van der Waals surface area contributed by atoms with E-state index in [1.807, 2.05) is 20.8 Å². The van der Waals surface area contributed by atoms with Gasteiger partial charge in [-0.2, -0.15) is 0 Å². The molecule has 1 amide bonds. The van der Waals surface area contributed by atoms with Gasteiger partial charge in [-0.05, 0) is 32.8 Å². The summed E-state index contributed by atoms with van der Waals surface area (Å²) in [6, 6.07) is 0. The third-order valence-corrected chi connectivity index (χ3v) is 5.28. The molecule has 0 atom stereocenters. The highest BCUT2D eigenvalue weighted by Gasteiger charge is 2.24. The van der Waals surface area contributed by atoms with Crippen LogP contribution in [0.15, 0.2) is 0 Å². The predicted molar refractivity (Wildman–Crippen MR) is 98.2 cm³/mol. The van der Waals surface area contributed by atoms with Crippen molar-refractivity contribution >= 4 is 50.7 Å². The van der Waals surface area contributed by atoms with E-state index in [0.717, 1.165) is 18.4 Å². The molecule has 0 bridgehead atoms. The zero-order valence-electron chi connectivity index (χ0n) is 14.3. The van der Waals surface area contributed by atoms with Crippen molar-refractivity contribution in [2.45, 2.75) is 47.0 Å². The Balaban J connectivity index is 2.58. The van der Waals surface area contributed by atoms with Gasteiger partial charge in [-0.3, -0.25) is 4.79 Å². The Hall–Kier alpha value is -1.66. The summed E-state index contributed by atoms with van der Waals surface area (Å²) in [6.07, 6.45) is 2.12. The predicted octanol–water partition coefficient (Wildman–Crippen LogP) is 4.87. The van der Waals surface area contributed by atoms with E-state index in [2.05, 4.69) is 10.3 Å². The van der Waals surface area contributed by atoms with E-state index in [4.69, 9.17) is 16.3 Å². The molecule has 0 spiro atoms. The van der Waals surface area contributed by atoms with Gasteiger partial charge in [-0.15, -0.1) is 11.3 Å². The largest absolute Gasteiger partial charge is 0.462 e. The van der Waals surface area contributed by atoms with Crippen molar-refractivity contribution in [3.05, 3.63) is 21.2 Å². The fourth-order valence-electron chi connectivity index (χ4n) is 2.43. The van der Waals surface area contributed by atoms with E-state index >= 15 is 0 Å². The molecule has 24 heavy (non-hydrogen) atoms. The Morgan fingerprint density at radius 3 is 2.62 bits per heavy atom. The van der Waals surface area contributed by atoms with Crippen molar-refractivity contribution < 1.29 is 14.3 Å². The molecule has 0 radical (unpaired) electrons. The van der Waals surface area contributed by atoms with Gasteiger partial charge in [0.15, 0.2) is 0 Å². The number of halogens is 1. The van der Waals surface area contributed by atoms with Gasteiger partial charge >= 0.3 is 5.97 Å². The smallest absolute Gasteiger partial charge is 0.350 e. The van der Waals surface area contributed by atoms with Gasteiger partial charge in [0.1, 0.15) is 9.71 Å². The maximum Gasteiger partial charge on any atom is 0.350 e. The van der Waals surface area contributed by atoms with Crippen LogP contribution in [0.5, 0.6) is 0 Å². The lowest BCUT2D eigenvalue weighted by molar-refractivity contribution is -0.116. The number of nitrogens with zero attached hydrogens (tertiary/aromatic N) is 1. The van der Waals surface area contributed by atoms with Crippen LogP contribution in [0.1, 0.15) is 54.0 Å². The van der Waals surface area contributed by atoms with E-state index in [-0.39, 0.29) is 12.5 Å². The Morgan fingerprint density at radius 1 is 1.29 bits per heavy atom. The Kier molecular flexibility index (Phi) is 6.18. The number of aryl methyl sites for hydroxylation is 2. The van der Waals surface area contributed by atoms with Crippen molar-refractivity contribution in [2.24, 2.45) is 0 Å². The lowest BCUT2D eigenvalue weighted by Gasteiger charge is -2.09. The van der Waals surface area contributed by atoms with Crippen LogP contribution < -0.4 is 5.32 Å². The first-order chi connectivity index (χ1) is 11.4. The molecule has 2 heterocycles. The highest BCUT2D eigenvalue weighted by molar-refractivity contribution is 7.21. The van der Waals surface area contributed by atoms with E-state index < -0.39 is 5.97 Å². The van der Waals surface area contributed by atoms with Crippen LogP contribution in [-0.4, -0.2) is 23.5 Å². The van der Waals surface area contributed by atoms with Gasteiger partial charge in [0.25, 0.3) is 0 Å². The van der Waals surface area contributed by atoms with Crippen molar-refractivity contribution in [1.29, 1.82) is 0 Å². The van der Waals surface area contributed by atoms with Gasteiger partial charge in [0.05, 0.1) is 23.0 Å². The molecule has 2 aromatic rings. The molecule has 0 saturated carbocycles. The number of rotatable bonds is 6. The number of pyridine rings is 1. The van der Waals surface area contributed by atoms with E-state index in [0.29, 0.717) is 37.9 Å². The number of hydrogen-bond donors (Lipinski definition) is 1. The second-order valence-electron chi connectivity index (χ2n) is 5.49. The first-order valence-electron chi connectivity index (χ1n) is 7.96. The van der Waals surface area contributed by atoms with Crippen LogP contribution in [0.2, 0.25) is 5.02 Å². The topological polar surface area (TPSA) is 68.3 Å². The third-order valence-electron chi connectivity index (χ3n) is 3.66. The highest BCUT2D eigenvalue weighted by Crippen LogP contribution is 2.40. The molecule has 2 rings (SSSR count). The van der Waals surface area contributed by atoms with Crippen LogP contribution in [-0.2, 0) is 9.53 Å². The molecule has 0 saturated heterocycles. The summed E-state index contributed by atoms with van der Waals surface area (Å²) in [7, 11) is 0.